The third kappa shape index (κ3) is 1.96. The van der Waals surface area contributed by atoms with Gasteiger partial charge in [-0.1, -0.05) is 12.1 Å². The molecular formula is C10H9FN2O2S. The Morgan fingerprint density at radius 2 is 1.88 bits per heavy atom. The second-order valence-corrected chi connectivity index (χ2v) is 5.34. The van der Waals surface area contributed by atoms with Crippen LogP contribution in [0.5, 0.6) is 0 Å². The zero-order chi connectivity index (χ0) is 11.8. The molecule has 0 amide bonds. The Kier molecular flexibility index (Phi) is 2.51. The van der Waals surface area contributed by atoms with Crippen LogP contribution in [0.4, 0.5) is 4.39 Å². The van der Waals surface area contributed by atoms with E-state index < -0.39 is 9.84 Å². The van der Waals surface area contributed by atoms with Crippen molar-refractivity contribution in [2.45, 2.75) is 5.03 Å². The SMILES string of the molecule is CS(=O)(=O)c1[nH]ncc1-c1ccc(F)cc1. The molecular weight excluding hydrogens is 231 g/mol. The molecule has 2 rings (SSSR count). The lowest BCUT2D eigenvalue weighted by Crippen LogP contribution is -1.99. The van der Waals surface area contributed by atoms with Crippen molar-refractivity contribution in [3.63, 3.8) is 0 Å². The smallest absolute Gasteiger partial charge is 0.192 e. The minimum Gasteiger partial charge on any atom is -0.267 e. The summed E-state index contributed by atoms with van der Waals surface area (Å²) in [6, 6.07) is 5.56. The van der Waals surface area contributed by atoms with Crippen LogP contribution in [-0.4, -0.2) is 24.9 Å². The van der Waals surface area contributed by atoms with Crippen LogP contribution < -0.4 is 0 Å². The Morgan fingerprint density at radius 3 is 2.44 bits per heavy atom. The van der Waals surface area contributed by atoms with Gasteiger partial charge in [-0.2, -0.15) is 5.10 Å². The van der Waals surface area contributed by atoms with Gasteiger partial charge in [-0.05, 0) is 17.7 Å². The molecule has 0 spiro atoms. The van der Waals surface area contributed by atoms with Gasteiger partial charge >= 0.3 is 0 Å². The largest absolute Gasteiger partial charge is 0.267 e. The number of nitrogens with one attached hydrogen (secondary N) is 1. The summed E-state index contributed by atoms with van der Waals surface area (Å²) >= 11 is 0. The highest BCUT2D eigenvalue weighted by Crippen LogP contribution is 2.25. The number of aromatic nitrogens is 2. The van der Waals surface area contributed by atoms with Crippen molar-refractivity contribution >= 4 is 9.84 Å². The van der Waals surface area contributed by atoms with E-state index in [1.165, 1.54) is 30.5 Å². The lowest BCUT2D eigenvalue weighted by molar-refractivity contribution is 0.598. The molecule has 4 nitrogen and oxygen atoms in total. The number of H-pyrrole nitrogens is 1. The van der Waals surface area contributed by atoms with E-state index in [4.69, 9.17) is 0 Å². The summed E-state index contributed by atoms with van der Waals surface area (Å²) in [7, 11) is -3.36. The Morgan fingerprint density at radius 1 is 1.25 bits per heavy atom. The van der Waals surface area contributed by atoms with Crippen LogP contribution in [0, 0.1) is 5.82 Å². The fraction of sp³-hybridized carbons (Fsp3) is 0.100. The van der Waals surface area contributed by atoms with Gasteiger partial charge in [0, 0.05) is 11.8 Å². The fourth-order valence-electron chi connectivity index (χ4n) is 1.39. The molecule has 0 bridgehead atoms. The van der Waals surface area contributed by atoms with Gasteiger partial charge in [0.25, 0.3) is 0 Å². The Hall–Kier alpha value is -1.69. The molecule has 0 unspecified atom stereocenters. The van der Waals surface area contributed by atoms with Gasteiger partial charge in [0.1, 0.15) is 5.82 Å². The van der Waals surface area contributed by atoms with E-state index in [0.717, 1.165) is 6.26 Å². The molecule has 0 atom stereocenters. The third-order valence-corrected chi connectivity index (χ3v) is 3.18. The Bertz CT molecular complexity index is 602. The standard InChI is InChI=1S/C10H9FN2O2S/c1-16(14,15)10-9(6-12-13-10)7-2-4-8(11)5-3-7/h2-6H,1H3,(H,12,13). The molecule has 1 aromatic heterocycles. The zero-order valence-electron chi connectivity index (χ0n) is 8.44. The number of hydrogen-bond donors (Lipinski definition) is 1. The van der Waals surface area contributed by atoms with E-state index >= 15 is 0 Å². The monoisotopic (exact) mass is 240 g/mol. The summed E-state index contributed by atoms with van der Waals surface area (Å²) in [6.07, 6.45) is 2.50. The first-order chi connectivity index (χ1) is 7.48. The second kappa shape index (κ2) is 3.71. The van der Waals surface area contributed by atoms with Gasteiger partial charge in [-0.15, -0.1) is 0 Å². The van der Waals surface area contributed by atoms with Crippen LogP contribution >= 0.6 is 0 Å². The molecule has 0 aliphatic rings. The third-order valence-electron chi connectivity index (χ3n) is 2.13. The minimum absolute atomic E-state index is 0.0408. The highest BCUT2D eigenvalue weighted by atomic mass is 32.2. The summed E-state index contributed by atoms with van der Waals surface area (Å²) in [5, 5.41) is 6.16. The highest BCUT2D eigenvalue weighted by molar-refractivity contribution is 7.90. The predicted molar refractivity (Wildman–Crippen MR) is 57.1 cm³/mol. The first kappa shape index (κ1) is 10.8. The summed E-state index contributed by atoms with van der Waals surface area (Å²) in [4.78, 5) is 0. The molecule has 0 radical (unpaired) electrons. The average molecular weight is 240 g/mol. The molecule has 0 aliphatic carbocycles. The quantitative estimate of drug-likeness (QED) is 0.867. The van der Waals surface area contributed by atoms with Crippen LogP contribution in [0.2, 0.25) is 0 Å². The van der Waals surface area contributed by atoms with Gasteiger partial charge < -0.3 is 0 Å². The second-order valence-electron chi connectivity index (χ2n) is 3.39. The molecule has 1 heterocycles. The fourth-order valence-corrected chi connectivity index (χ4v) is 2.18. The maximum absolute atomic E-state index is 12.7. The minimum atomic E-state index is -3.36. The maximum Gasteiger partial charge on any atom is 0.192 e. The number of benzene rings is 1. The number of rotatable bonds is 2. The molecule has 0 aliphatic heterocycles. The lowest BCUT2D eigenvalue weighted by atomic mass is 10.1. The first-order valence-corrected chi connectivity index (χ1v) is 6.37. The molecule has 1 aromatic carbocycles. The summed E-state index contributed by atoms with van der Waals surface area (Å²) in [6.45, 7) is 0. The van der Waals surface area contributed by atoms with E-state index in [0.29, 0.717) is 11.1 Å². The number of aromatic amines is 1. The molecule has 0 fully saturated rings. The lowest BCUT2D eigenvalue weighted by Gasteiger charge is -2.00. The van der Waals surface area contributed by atoms with Crippen LogP contribution in [0.1, 0.15) is 0 Å². The first-order valence-electron chi connectivity index (χ1n) is 4.48. The van der Waals surface area contributed by atoms with Gasteiger partial charge in [0.2, 0.25) is 0 Å². The molecule has 6 heteroatoms. The predicted octanol–water partition coefficient (Wildman–Crippen LogP) is 1.62. The van der Waals surface area contributed by atoms with Crippen molar-refractivity contribution < 1.29 is 12.8 Å². The van der Waals surface area contributed by atoms with Crippen LogP contribution in [0.25, 0.3) is 11.1 Å². The average Bonchev–Trinajstić information content (AvgIpc) is 2.66. The highest BCUT2D eigenvalue weighted by Gasteiger charge is 2.16. The van der Waals surface area contributed by atoms with Gasteiger partial charge in [0.15, 0.2) is 14.9 Å². The summed E-state index contributed by atoms with van der Waals surface area (Å²) in [5.74, 6) is -0.367. The van der Waals surface area contributed by atoms with Crippen molar-refractivity contribution in [1.82, 2.24) is 10.2 Å². The molecule has 1 N–H and O–H groups in total. The number of sulfone groups is 1. The number of hydrogen-bond acceptors (Lipinski definition) is 3. The maximum atomic E-state index is 12.7. The molecule has 2 aromatic rings. The van der Waals surface area contributed by atoms with Gasteiger partial charge in [-0.3, -0.25) is 5.10 Å². The molecule has 0 saturated heterocycles. The molecule has 16 heavy (non-hydrogen) atoms. The number of halogens is 1. The summed E-state index contributed by atoms with van der Waals surface area (Å²) in [5.41, 5.74) is 1.05. The topological polar surface area (TPSA) is 62.8 Å². The van der Waals surface area contributed by atoms with Gasteiger partial charge in [-0.25, -0.2) is 12.8 Å². The van der Waals surface area contributed by atoms with E-state index in [-0.39, 0.29) is 10.8 Å². The van der Waals surface area contributed by atoms with Gasteiger partial charge in [0.05, 0.1) is 6.20 Å². The van der Waals surface area contributed by atoms with Crippen molar-refractivity contribution in [3.05, 3.63) is 36.3 Å². The Balaban J connectivity index is 2.58. The van der Waals surface area contributed by atoms with E-state index in [2.05, 4.69) is 10.2 Å². The van der Waals surface area contributed by atoms with E-state index in [9.17, 15) is 12.8 Å². The Labute approximate surface area is 92.0 Å². The van der Waals surface area contributed by atoms with Crippen molar-refractivity contribution in [2.24, 2.45) is 0 Å². The van der Waals surface area contributed by atoms with Crippen LogP contribution in [0.3, 0.4) is 0 Å². The molecule has 0 saturated carbocycles. The normalized spacial score (nSPS) is 11.6. The van der Waals surface area contributed by atoms with Crippen LogP contribution in [-0.2, 0) is 9.84 Å². The number of nitrogens with zero attached hydrogens (tertiary/aromatic N) is 1. The van der Waals surface area contributed by atoms with E-state index in [1.807, 2.05) is 0 Å². The van der Waals surface area contributed by atoms with Crippen molar-refractivity contribution in [3.8, 4) is 11.1 Å². The van der Waals surface area contributed by atoms with Crippen molar-refractivity contribution in [1.29, 1.82) is 0 Å². The summed E-state index contributed by atoms with van der Waals surface area (Å²) < 4.78 is 35.5. The van der Waals surface area contributed by atoms with Crippen molar-refractivity contribution in [2.75, 3.05) is 6.26 Å². The van der Waals surface area contributed by atoms with E-state index in [1.54, 1.807) is 0 Å². The molecule has 84 valence electrons. The zero-order valence-corrected chi connectivity index (χ0v) is 9.25. The van der Waals surface area contributed by atoms with Crippen LogP contribution in [0.15, 0.2) is 35.5 Å².